The van der Waals surface area contributed by atoms with Crippen molar-refractivity contribution in [2.45, 2.75) is 6.42 Å². The average molecular weight is 490 g/mol. The molecule has 0 radical (unpaired) electrons. The Balaban J connectivity index is 0.00000480. The third-order valence-corrected chi connectivity index (χ3v) is 4.72. The molecule has 1 aromatic carbocycles. The third kappa shape index (κ3) is 7.97. The third-order valence-electron chi connectivity index (χ3n) is 4.38. The minimum Gasteiger partial charge on any atom is -0.388 e. The highest BCUT2D eigenvalue weighted by Gasteiger charge is 2.14. The summed E-state index contributed by atoms with van der Waals surface area (Å²) in [6.07, 6.45) is 1.94. The largest absolute Gasteiger partial charge is 0.388 e. The lowest BCUT2D eigenvalue weighted by molar-refractivity contribution is 0.0945. The number of anilines is 2. The number of aryl methyl sites for hydroxylation is 1. The van der Waals surface area contributed by atoms with E-state index in [2.05, 4.69) is 15.5 Å². The number of nitrogens with zero attached hydrogens (tertiary/aromatic N) is 2. The van der Waals surface area contributed by atoms with Crippen LogP contribution in [0.3, 0.4) is 0 Å². The van der Waals surface area contributed by atoms with Crippen LogP contribution < -0.4 is 21.3 Å². The van der Waals surface area contributed by atoms with Crippen molar-refractivity contribution in [3.63, 3.8) is 0 Å². The number of carbonyl (C=O) groups is 2. The molecule has 0 spiro atoms. The smallest absolute Gasteiger partial charge is 0.267 e. The van der Waals surface area contributed by atoms with Crippen LogP contribution in [0.15, 0.2) is 36.5 Å². The van der Waals surface area contributed by atoms with Gasteiger partial charge in [-0.15, -0.1) is 35.6 Å². The molecule has 31 heavy (non-hydrogen) atoms. The summed E-state index contributed by atoms with van der Waals surface area (Å²) in [6.45, 7) is 1.61. The first-order valence-corrected chi connectivity index (χ1v) is 10.5. The van der Waals surface area contributed by atoms with Crippen LogP contribution in [0.4, 0.5) is 11.4 Å². The molecular formula is C20H27Cl3N6O2. The number of hydrogen-bond acceptors (Lipinski definition) is 4. The van der Waals surface area contributed by atoms with E-state index in [9.17, 15) is 9.59 Å². The molecule has 1 heterocycles. The highest BCUT2D eigenvalue weighted by molar-refractivity contribution is 6.18. The van der Waals surface area contributed by atoms with Crippen LogP contribution in [0.5, 0.6) is 0 Å². The number of nitrogens with two attached hydrogens (primary N) is 1. The van der Waals surface area contributed by atoms with Gasteiger partial charge in [0.25, 0.3) is 11.8 Å². The number of alkyl halides is 2. The topological polar surface area (TPSA) is 116 Å². The van der Waals surface area contributed by atoms with Gasteiger partial charge >= 0.3 is 0 Å². The molecule has 0 saturated heterocycles. The summed E-state index contributed by atoms with van der Waals surface area (Å²) in [6, 6.07) is 8.77. The van der Waals surface area contributed by atoms with E-state index in [-0.39, 0.29) is 43.0 Å². The first kappa shape index (κ1) is 26.6. The Morgan fingerprint density at radius 2 is 1.74 bits per heavy atom. The van der Waals surface area contributed by atoms with Gasteiger partial charge in [0.15, 0.2) is 0 Å². The minimum absolute atomic E-state index is 0. The molecule has 0 aliphatic heterocycles. The molecule has 8 nitrogen and oxygen atoms in total. The Morgan fingerprint density at radius 1 is 1.13 bits per heavy atom. The Hall–Kier alpha value is -2.42. The van der Waals surface area contributed by atoms with E-state index in [4.69, 9.17) is 34.3 Å². The quantitative estimate of drug-likeness (QED) is 0.220. The van der Waals surface area contributed by atoms with Crippen molar-refractivity contribution in [3.8, 4) is 0 Å². The summed E-state index contributed by atoms with van der Waals surface area (Å²) in [5, 5.41) is 12.7. The molecule has 2 rings (SSSR count). The van der Waals surface area contributed by atoms with E-state index >= 15 is 0 Å². The van der Waals surface area contributed by atoms with Crippen LogP contribution in [-0.4, -0.2) is 53.6 Å². The van der Waals surface area contributed by atoms with Crippen molar-refractivity contribution >= 4 is 64.6 Å². The van der Waals surface area contributed by atoms with Gasteiger partial charge in [-0.1, -0.05) is 0 Å². The highest BCUT2D eigenvalue weighted by Crippen LogP contribution is 2.18. The number of amidine groups is 1. The van der Waals surface area contributed by atoms with Crippen molar-refractivity contribution in [1.82, 2.24) is 9.88 Å². The molecule has 11 heteroatoms. The first-order valence-electron chi connectivity index (χ1n) is 9.41. The molecule has 0 bridgehead atoms. The molecule has 0 atom stereocenters. The Kier molecular flexibility index (Phi) is 11.2. The normalized spacial score (nSPS) is 10.2. The summed E-state index contributed by atoms with van der Waals surface area (Å²) in [5.41, 5.74) is 7.62. The fourth-order valence-corrected chi connectivity index (χ4v) is 3.27. The van der Waals surface area contributed by atoms with Gasteiger partial charge in [-0.25, -0.2) is 0 Å². The summed E-state index contributed by atoms with van der Waals surface area (Å²) in [5.74, 6) is 0.393. The zero-order chi connectivity index (χ0) is 22.1. The van der Waals surface area contributed by atoms with Crippen LogP contribution in [0.25, 0.3) is 0 Å². The van der Waals surface area contributed by atoms with E-state index in [1.54, 1.807) is 36.0 Å². The van der Waals surface area contributed by atoms with E-state index in [0.717, 1.165) is 5.69 Å². The predicted molar refractivity (Wildman–Crippen MR) is 130 cm³/mol. The maximum absolute atomic E-state index is 12.6. The number of rotatable bonds is 11. The molecule has 0 unspecified atom stereocenters. The van der Waals surface area contributed by atoms with Crippen LogP contribution in [0.1, 0.15) is 27.3 Å². The number of hydrogen-bond donors (Lipinski definition) is 4. The van der Waals surface area contributed by atoms with Crippen LogP contribution in [0.2, 0.25) is 0 Å². The monoisotopic (exact) mass is 488 g/mol. The second-order valence-corrected chi connectivity index (χ2v) is 7.38. The molecule has 0 aliphatic carbocycles. The molecule has 0 fully saturated rings. The number of aromatic nitrogens is 1. The van der Waals surface area contributed by atoms with E-state index in [1.165, 1.54) is 0 Å². The number of nitrogens with one attached hydrogen (secondary N) is 3. The summed E-state index contributed by atoms with van der Waals surface area (Å²) < 4.78 is 1.62. The molecule has 170 valence electrons. The second kappa shape index (κ2) is 13.1. The number of carbonyl (C=O) groups excluding carboxylic acids is 2. The fourth-order valence-electron chi connectivity index (χ4n) is 2.86. The minimum atomic E-state index is -0.303. The summed E-state index contributed by atoms with van der Waals surface area (Å²) >= 11 is 11.7. The lowest BCUT2D eigenvalue weighted by Gasteiger charge is -2.22. The van der Waals surface area contributed by atoms with E-state index in [0.29, 0.717) is 41.8 Å². The molecule has 2 aromatic rings. The lowest BCUT2D eigenvalue weighted by atomic mass is 10.1. The van der Waals surface area contributed by atoms with Gasteiger partial charge in [-0.05, 0) is 30.3 Å². The van der Waals surface area contributed by atoms with Crippen LogP contribution >= 0.6 is 35.6 Å². The standard InChI is InChI=1S/C20H26Cl2N6O2.ClH/c1-27-13-15(12-17(27)20(30)25-9-6-18(23)24)26-19(29)14-2-4-16(5-3-14)28(10-7-21)11-8-22;/h2-5,12-13H,6-11H2,1H3,(H3,23,24)(H,25,30)(H,26,29);1H. The van der Waals surface area contributed by atoms with Crippen molar-refractivity contribution < 1.29 is 9.59 Å². The van der Waals surface area contributed by atoms with Gasteiger partial charge in [0, 0.05) is 62.3 Å². The van der Waals surface area contributed by atoms with Crippen molar-refractivity contribution in [1.29, 1.82) is 5.41 Å². The first-order chi connectivity index (χ1) is 14.3. The fraction of sp³-hybridized carbons (Fsp3) is 0.350. The Morgan fingerprint density at radius 3 is 2.29 bits per heavy atom. The van der Waals surface area contributed by atoms with Gasteiger partial charge in [-0.2, -0.15) is 0 Å². The lowest BCUT2D eigenvalue weighted by Crippen LogP contribution is -2.28. The maximum atomic E-state index is 12.6. The SMILES string of the molecule is Cl.Cn1cc(NC(=O)c2ccc(N(CCCl)CCCl)cc2)cc1C(=O)NCCC(=N)N. The van der Waals surface area contributed by atoms with Crippen molar-refractivity contribution in [2.24, 2.45) is 12.8 Å². The molecule has 5 N–H and O–H groups in total. The van der Waals surface area contributed by atoms with Gasteiger partial charge in [0.1, 0.15) is 5.69 Å². The Bertz CT molecular complexity index is 880. The van der Waals surface area contributed by atoms with Crippen molar-refractivity contribution in [3.05, 3.63) is 47.8 Å². The number of benzene rings is 1. The molecule has 2 amide bonds. The maximum Gasteiger partial charge on any atom is 0.267 e. The molecule has 0 saturated carbocycles. The summed E-state index contributed by atoms with van der Waals surface area (Å²) in [4.78, 5) is 26.9. The van der Waals surface area contributed by atoms with Gasteiger partial charge < -0.3 is 25.8 Å². The molecular weight excluding hydrogens is 463 g/mol. The molecule has 1 aromatic heterocycles. The van der Waals surface area contributed by atoms with E-state index < -0.39 is 0 Å². The van der Waals surface area contributed by atoms with Crippen LogP contribution in [-0.2, 0) is 7.05 Å². The summed E-state index contributed by atoms with van der Waals surface area (Å²) in [7, 11) is 1.71. The average Bonchev–Trinajstić information content (AvgIpc) is 3.07. The van der Waals surface area contributed by atoms with E-state index in [1.807, 2.05) is 12.1 Å². The van der Waals surface area contributed by atoms with Crippen LogP contribution in [0, 0.1) is 5.41 Å². The van der Waals surface area contributed by atoms with Gasteiger partial charge in [0.2, 0.25) is 0 Å². The predicted octanol–water partition coefficient (Wildman–Crippen LogP) is 3.04. The van der Waals surface area contributed by atoms with Gasteiger partial charge in [-0.3, -0.25) is 15.0 Å². The van der Waals surface area contributed by atoms with Gasteiger partial charge in [0.05, 0.1) is 11.5 Å². The Labute approximate surface area is 198 Å². The second-order valence-electron chi connectivity index (χ2n) is 6.62. The van der Waals surface area contributed by atoms with Crippen molar-refractivity contribution in [2.75, 3.05) is 41.6 Å². The number of amides is 2. The molecule has 0 aliphatic rings. The zero-order valence-corrected chi connectivity index (χ0v) is 19.5. The highest BCUT2D eigenvalue weighted by atomic mass is 35.5. The zero-order valence-electron chi connectivity index (χ0n) is 17.2. The number of halogens is 3.